The van der Waals surface area contributed by atoms with Gasteiger partial charge in [0, 0.05) is 45.8 Å². The van der Waals surface area contributed by atoms with E-state index < -0.39 is 0 Å². The molecule has 0 amide bonds. The molecule has 1 aromatic carbocycles. The van der Waals surface area contributed by atoms with Gasteiger partial charge in [-0.05, 0) is 37.6 Å². The van der Waals surface area contributed by atoms with E-state index in [4.69, 9.17) is 28.2 Å². The van der Waals surface area contributed by atoms with E-state index in [1.54, 1.807) is 23.0 Å². The highest BCUT2D eigenvalue weighted by Gasteiger charge is 2.13. The summed E-state index contributed by atoms with van der Waals surface area (Å²) < 4.78 is 3.71. The van der Waals surface area contributed by atoms with E-state index in [-0.39, 0.29) is 0 Å². The molecule has 0 fully saturated rings. The van der Waals surface area contributed by atoms with Crippen molar-refractivity contribution in [3.8, 4) is 11.3 Å². The minimum atomic E-state index is 0.502. The van der Waals surface area contributed by atoms with E-state index in [2.05, 4.69) is 25.6 Å². The van der Waals surface area contributed by atoms with Crippen LogP contribution in [0.2, 0.25) is 10.0 Å². The molecule has 4 aromatic heterocycles. The van der Waals surface area contributed by atoms with Crippen molar-refractivity contribution in [2.45, 2.75) is 20.4 Å². The Hall–Kier alpha value is -3.36. The Bertz CT molecular complexity index is 1400. The van der Waals surface area contributed by atoms with Gasteiger partial charge in [-0.25, -0.2) is 9.97 Å². The number of benzene rings is 1. The Balaban J connectivity index is 1.51. The maximum atomic E-state index is 6.30. The third kappa shape index (κ3) is 3.99. The highest BCUT2D eigenvalue weighted by molar-refractivity contribution is 6.33. The number of halogens is 2. The predicted octanol–water partition coefficient (Wildman–Crippen LogP) is 5.03. The average Bonchev–Trinajstić information content (AvgIpc) is 3.44. The number of nitrogens with zero attached hydrogens (tertiary/aromatic N) is 6. The smallest absolute Gasteiger partial charge is 0.215 e. The van der Waals surface area contributed by atoms with Gasteiger partial charge in [0.2, 0.25) is 5.95 Å². The van der Waals surface area contributed by atoms with Gasteiger partial charge in [-0.15, -0.1) is 0 Å². The van der Waals surface area contributed by atoms with Crippen LogP contribution in [-0.2, 0) is 6.54 Å². The number of nitrogens with one attached hydrogen (secondary N) is 2. The predicted molar refractivity (Wildman–Crippen MR) is 121 cm³/mol. The maximum absolute atomic E-state index is 6.30. The summed E-state index contributed by atoms with van der Waals surface area (Å²) in [5.41, 5.74) is 5.14. The van der Waals surface area contributed by atoms with E-state index in [9.17, 15) is 0 Å². The molecule has 0 aliphatic rings. The fourth-order valence-corrected chi connectivity index (χ4v) is 3.74. The molecule has 0 radical (unpaired) electrons. The molecule has 0 aliphatic heterocycles. The van der Waals surface area contributed by atoms with Gasteiger partial charge in [0.15, 0.2) is 5.82 Å². The Kier molecular flexibility index (Phi) is 4.88. The lowest BCUT2D eigenvalue weighted by atomic mass is 10.2. The number of hydrogen-bond donors (Lipinski definition) is 2. The number of fused-ring (bicyclic) bond motifs is 1. The lowest BCUT2D eigenvalue weighted by Gasteiger charge is -2.08. The molecule has 8 nitrogen and oxygen atoms in total. The van der Waals surface area contributed by atoms with Crippen molar-refractivity contribution in [1.82, 2.24) is 34.3 Å². The first kappa shape index (κ1) is 19.6. The third-order valence-corrected chi connectivity index (χ3v) is 5.39. The number of aryl methyl sites for hydroxylation is 2. The van der Waals surface area contributed by atoms with Crippen molar-refractivity contribution in [2.24, 2.45) is 0 Å². The van der Waals surface area contributed by atoms with Crippen molar-refractivity contribution in [2.75, 3.05) is 5.32 Å². The minimum Gasteiger partial charge on any atom is -0.308 e. The van der Waals surface area contributed by atoms with E-state index in [0.717, 1.165) is 33.9 Å². The molecule has 2 N–H and O–H groups in total. The lowest BCUT2D eigenvalue weighted by Crippen LogP contribution is -2.03. The summed E-state index contributed by atoms with van der Waals surface area (Å²) in [6.45, 7) is 4.39. The SMILES string of the molecule is Cc1cn2c(Nc3cc(C)[nH]n3)nc(-c3cnn(Cc4cc(Cl)ccc4Cl)c3)cc2n1. The van der Waals surface area contributed by atoms with Crippen molar-refractivity contribution < 1.29 is 0 Å². The highest BCUT2D eigenvalue weighted by atomic mass is 35.5. The molecule has 5 rings (SSSR count). The first-order chi connectivity index (χ1) is 14.9. The topological polar surface area (TPSA) is 88.7 Å². The van der Waals surface area contributed by atoms with Crippen molar-refractivity contribution in [3.63, 3.8) is 0 Å². The second kappa shape index (κ2) is 7.72. The van der Waals surface area contributed by atoms with Crippen LogP contribution in [0.5, 0.6) is 0 Å². The first-order valence-electron chi connectivity index (χ1n) is 9.57. The molecule has 0 spiro atoms. The van der Waals surface area contributed by atoms with Gasteiger partial charge < -0.3 is 5.32 Å². The second-order valence-electron chi connectivity index (χ2n) is 7.30. The number of imidazole rings is 1. The summed E-state index contributed by atoms with van der Waals surface area (Å²) in [5, 5.41) is 16.2. The number of H-pyrrole nitrogens is 1. The Morgan fingerprint density at radius 3 is 2.74 bits per heavy atom. The van der Waals surface area contributed by atoms with Crippen LogP contribution >= 0.6 is 23.2 Å². The zero-order valence-corrected chi connectivity index (χ0v) is 18.3. The Labute approximate surface area is 187 Å². The quantitative estimate of drug-likeness (QED) is 0.390. The minimum absolute atomic E-state index is 0.502. The second-order valence-corrected chi connectivity index (χ2v) is 8.14. The molecule has 10 heteroatoms. The van der Waals surface area contributed by atoms with Crippen LogP contribution in [0.3, 0.4) is 0 Å². The molecule has 0 aliphatic carbocycles. The maximum Gasteiger partial charge on any atom is 0.215 e. The van der Waals surface area contributed by atoms with E-state index in [1.807, 2.05) is 48.8 Å². The number of hydrogen-bond acceptors (Lipinski definition) is 5. The van der Waals surface area contributed by atoms with Crippen LogP contribution < -0.4 is 5.32 Å². The van der Waals surface area contributed by atoms with E-state index in [1.165, 1.54) is 0 Å². The molecule has 31 heavy (non-hydrogen) atoms. The standard InChI is InChI=1S/C21H18Cl2N8/c1-12-5-19(29-28-12)27-21-26-18(7-20-25-13(2)9-31(20)21)15-8-24-30(11-15)10-14-6-16(22)3-4-17(14)23/h3-9,11H,10H2,1-2H3,(H2,26,27,28,29). The molecule has 4 heterocycles. The molecular weight excluding hydrogens is 435 g/mol. The van der Waals surface area contributed by atoms with E-state index in [0.29, 0.717) is 28.4 Å². The summed E-state index contributed by atoms with van der Waals surface area (Å²) in [4.78, 5) is 9.40. The Morgan fingerprint density at radius 2 is 1.94 bits per heavy atom. The fourth-order valence-electron chi connectivity index (χ4n) is 3.36. The van der Waals surface area contributed by atoms with Crippen molar-refractivity contribution in [3.05, 3.63) is 75.9 Å². The van der Waals surface area contributed by atoms with Gasteiger partial charge in [-0.1, -0.05) is 23.2 Å². The number of rotatable bonds is 5. The van der Waals surface area contributed by atoms with Gasteiger partial charge in [-0.3, -0.25) is 14.2 Å². The average molecular weight is 453 g/mol. The van der Waals surface area contributed by atoms with Crippen LogP contribution in [0.15, 0.2) is 48.9 Å². The van der Waals surface area contributed by atoms with Gasteiger partial charge in [0.1, 0.15) is 5.65 Å². The Morgan fingerprint density at radius 1 is 1.06 bits per heavy atom. The molecule has 0 saturated heterocycles. The third-order valence-electron chi connectivity index (χ3n) is 4.79. The van der Waals surface area contributed by atoms with Crippen LogP contribution in [-0.4, -0.2) is 34.3 Å². The number of anilines is 2. The largest absolute Gasteiger partial charge is 0.308 e. The monoisotopic (exact) mass is 452 g/mol. The van der Waals surface area contributed by atoms with Crippen LogP contribution in [0, 0.1) is 13.8 Å². The molecule has 156 valence electrons. The van der Waals surface area contributed by atoms with Gasteiger partial charge in [-0.2, -0.15) is 10.2 Å². The number of aromatic nitrogens is 7. The van der Waals surface area contributed by atoms with Crippen LogP contribution in [0.4, 0.5) is 11.8 Å². The summed E-state index contributed by atoms with van der Waals surface area (Å²) >= 11 is 12.4. The zero-order chi connectivity index (χ0) is 21.5. The van der Waals surface area contributed by atoms with Gasteiger partial charge >= 0.3 is 0 Å². The summed E-state index contributed by atoms with van der Waals surface area (Å²) in [7, 11) is 0. The van der Waals surface area contributed by atoms with Gasteiger partial charge in [0.25, 0.3) is 0 Å². The summed E-state index contributed by atoms with van der Waals surface area (Å²) in [5.74, 6) is 1.30. The molecule has 0 unspecified atom stereocenters. The summed E-state index contributed by atoms with van der Waals surface area (Å²) in [6, 6.07) is 9.24. The fraction of sp³-hybridized carbons (Fsp3) is 0.143. The zero-order valence-electron chi connectivity index (χ0n) is 16.8. The molecular formula is C21H18Cl2N8. The van der Waals surface area contributed by atoms with Crippen molar-refractivity contribution in [1.29, 1.82) is 0 Å². The van der Waals surface area contributed by atoms with Crippen molar-refractivity contribution >= 4 is 40.6 Å². The first-order valence-corrected chi connectivity index (χ1v) is 10.3. The molecule has 0 saturated carbocycles. The number of aromatic amines is 1. The van der Waals surface area contributed by atoms with Crippen LogP contribution in [0.25, 0.3) is 16.9 Å². The molecule has 0 atom stereocenters. The van der Waals surface area contributed by atoms with E-state index >= 15 is 0 Å². The molecule has 0 bridgehead atoms. The normalized spacial score (nSPS) is 11.4. The lowest BCUT2D eigenvalue weighted by molar-refractivity contribution is 0.687. The summed E-state index contributed by atoms with van der Waals surface area (Å²) in [6.07, 6.45) is 5.63. The highest BCUT2D eigenvalue weighted by Crippen LogP contribution is 2.25. The molecule has 5 aromatic rings. The van der Waals surface area contributed by atoms with Crippen LogP contribution in [0.1, 0.15) is 17.0 Å². The van der Waals surface area contributed by atoms with Gasteiger partial charge in [0.05, 0.1) is 24.1 Å².